The Bertz CT molecular complexity index is 1210. The fourth-order valence-electron chi connectivity index (χ4n) is 3.90. The van der Waals surface area contributed by atoms with Gasteiger partial charge in [-0.05, 0) is 42.8 Å². The first kappa shape index (κ1) is 21.5. The van der Waals surface area contributed by atoms with E-state index in [-0.39, 0.29) is 29.3 Å². The van der Waals surface area contributed by atoms with E-state index in [1.54, 1.807) is 29.1 Å². The van der Waals surface area contributed by atoms with Gasteiger partial charge in [0.15, 0.2) is 12.4 Å². The van der Waals surface area contributed by atoms with Crippen molar-refractivity contribution in [1.82, 2.24) is 14.7 Å². The molecule has 7 nitrogen and oxygen atoms in total. The summed E-state index contributed by atoms with van der Waals surface area (Å²) in [5, 5.41) is 18.0. The van der Waals surface area contributed by atoms with Crippen LogP contribution in [0.3, 0.4) is 0 Å². The van der Waals surface area contributed by atoms with Crippen LogP contribution in [-0.2, 0) is 16.0 Å². The van der Waals surface area contributed by atoms with Crippen molar-refractivity contribution in [1.29, 1.82) is 0 Å². The number of benzene rings is 1. The molecular weight excluding hydrogens is 404 g/mol. The number of amides is 2. The van der Waals surface area contributed by atoms with Crippen LogP contribution in [0, 0.1) is 12.8 Å². The van der Waals surface area contributed by atoms with Gasteiger partial charge in [-0.1, -0.05) is 39.0 Å². The second-order valence-electron chi connectivity index (χ2n) is 8.35. The molecule has 0 aliphatic carbocycles. The Balaban J connectivity index is 1.97. The average Bonchev–Trinajstić information content (AvgIpc) is 3.23. The number of rotatable bonds is 6. The number of aryl methyl sites for hydroxylation is 2. The molecule has 0 radical (unpaired) electrons. The highest BCUT2D eigenvalue weighted by atomic mass is 16.3. The van der Waals surface area contributed by atoms with Gasteiger partial charge in [0.25, 0.3) is 11.6 Å². The Labute approximate surface area is 187 Å². The first-order chi connectivity index (χ1) is 15.3. The smallest absolute Gasteiger partial charge is 0.326 e. The monoisotopic (exact) mass is 430 g/mol. The summed E-state index contributed by atoms with van der Waals surface area (Å²) in [6, 6.07) is 12.8. The molecule has 0 spiro atoms. The summed E-state index contributed by atoms with van der Waals surface area (Å²) in [4.78, 5) is 28.2. The highest BCUT2D eigenvalue weighted by Gasteiger charge is 2.46. The Morgan fingerprint density at radius 3 is 2.28 bits per heavy atom. The molecule has 4 rings (SSSR count). The van der Waals surface area contributed by atoms with E-state index in [0.29, 0.717) is 17.8 Å². The third kappa shape index (κ3) is 3.60. The minimum absolute atomic E-state index is 0.0935. The number of hydrogen-bond acceptors (Lipinski definition) is 4. The third-order valence-corrected chi connectivity index (χ3v) is 5.45. The Morgan fingerprint density at radius 1 is 1.03 bits per heavy atom. The standard InChI is InChI=1S/C25H26N4O3/c1-5-19-20(24(31)29(26-19)18-9-7-6-8-10-18)21-22(27-13-11-17(4)12-14-27)25(32)28(23(21)30)15-16(2)3/h6-14,16H,5,15H2,1-4H3. The van der Waals surface area contributed by atoms with Crippen molar-refractivity contribution in [2.24, 2.45) is 5.92 Å². The number of aromatic nitrogens is 3. The number of carbonyl (C=O) groups is 2. The fraction of sp³-hybridized carbons (Fsp3) is 0.280. The molecule has 3 heterocycles. The van der Waals surface area contributed by atoms with Crippen LogP contribution in [0.4, 0.5) is 0 Å². The fourth-order valence-corrected chi connectivity index (χ4v) is 3.90. The van der Waals surface area contributed by atoms with E-state index in [1.165, 1.54) is 9.58 Å². The molecule has 2 aromatic heterocycles. The summed E-state index contributed by atoms with van der Waals surface area (Å²) >= 11 is 0. The summed E-state index contributed by atoms with van der Waals surface area (Å²) in [7, 11) is 0. The van der Waals surface area contributed by atoms with Gasteiger partial charge >= 0.3 is 5.91 Å². The second-order valence-corrected chi connectivity index (χ2v) is 8.35. The zero-order valence-electron chi connectivity index (χ0n) is 18.7. The summed E-state index contributed by atoms with van der Waals surface area (Å²) in [5.41, 5.74) is 2.63. The van der Waals surface area contributed by atoms with Crippen molar-refractivity contribution in [2.45, 2.75) is 34.1 Å². The summed E-state index contributed by atoms with van der Waals surface area (Å²) in [6.07, 6.45) is 3.93. The molecule has 2 amide bonds. The first-order valence-electron chi connectivity index (χ1n) is 10.8. The van der Waals surface area contributed by atoms with Crippen LogP contribution in [0.2, 0.25) is 0 Å². The van der Waals surface area contributed by atoms with Gasteiger partial charge in [-0.15, -0.1) is 0 Å². The topological polar surface area (TPSA) is 82.1 Å². The molecule has 0 saturated heterocycles. The Morgan fingerprint density at radius 2 is 1.69 bits per heavy atom. The van der Waals surface area contributed by atoms with Gasteiger partial charge in [-0.2, -0.15) is 9.67 Å². The first-order valence-corrected chi connectivity index (χ1v) is 10.8. The zero-order valence-corrected chi connectivity index (χ0v) is 18.7. The van der Waals surface area contributed by atoms with Crippen LogP contribution >= 0.6 is 0 Å². The number of hydrogen-bond donors (Lipinski definition) is 0. The molecule has 3 aromatic rings. The van der Waals surface area contributed by atoms with Gasteiger partial charge in [0.2, 0.25) is 0 Å². The van der Waals surface area contributed by atoms with E-state index in [2.05, 4.69) is 5.10 Å². The molecule has 7 heteroatoms. The van der Waals surface area contributed by atoms with E-state index < -0.39 is 17.7 Å². The van der Waals surface area contributed by atoms with E-state index >= 15 is 0 Å². The third-order valence-electron chi connectivity index (χ3n) is 5.45. The van der Waals surface area contributed by atoms with Crippen molar-refractivity contribution >= 4 is 23.1 Å². The van der Waals surface area contributed by atoms with Gasteiger partial charge in [0, 0.05) is 24.2 Å². The molecule has 0 atom stereocenters. The number of nitrogens with zero attached hydrogens (tertiary/aromatic N) is 4. The van der Waals surface area contributed by atoms with E-state index in [4.69, 9.17) is 0 Å². The molecule has 32 heavy (non-hydrogen) atoms. The summed E-state index contributed by atoms with van der Waals surface area (Å²) in [6.45, 7) is 8.00. The van der Waals surface area contributed by atoms with Crippen LogP contribution < -0.4 is 9.67 Å². The SMILES string of the molecule is CCc1nn(-c2ccccc2)c([O-])c1C1=C([n+]2ccc(C)cc2)C(=O)N(CC(C)C)C1=O. The second kappa shape index (κ2) is 8.42. The molecule has 164 valence electrons. The predicted octanol–water partition coefficient (Wildman–Crippen LogP) is 2.50. The molecule has 0 fully saturated rings. The molecule has 1 aromatic carbocycles. The largest absolute Gasteiger partial charge is 0.858 e. The van der Waals surface area contributed by atoms with Crippen molar-refractivity contribution in [3.05, 3.63) is 71.7 Å². The van der Waals surface area contributed by atoms with Crippen molar-refractivity contribution in [2.75, 3.05) is 6.54 Å². The molecule has 1 aliphatic heterocycles. The lowest BCUT2D eigenvalue weighted by atomic mass is 10.0. The van der Waals surface area contributed by atoms with Crippen LogP contribution in [-0.4, -0.2) is 33.0 Å². The molecule has 0 unspecified atom stereocenters. The van der Waals surface area contributed by atoms with Crippen molar-refractivity contribution in [3.8, 4) is 11.6 Å². The minimum Gasteiger partial charge on any atom is -0.858 e. The maximum absolute atomic E-state index is 13.5. The number of para-hydroxylation sites is 1. The van der Waals surface area contributed by atoms with Gasteiger partial charge in [0.05, 0.1) is 11.4 Å². The lowest BCUT2D eigenvalue weighted by Crippen LogP contribution is -2.40. The lowest BCUT2D eigenvalue weighted by Gasteiger charge is -2.17. The Kier molecular flexibility index (Phi) is 5.65. The van der Waals surface area contributed by atoms with Gasteiger partial charge < -0.3 is 5.11 Å². The predicted molar refractivity (Wildman–Crippen MR) is 118 cm³/mol. The van der Waals surface area contributed by atoms with Crippen LogP contribution in [0.1, 0.15) is 37.6 Å². The van der Waals surface area contributed by atoms with Gasteiger partial charge in [-0.25, -0.2) is 4.68 Å². The highest BCUT2D eigenvalue weighted by molar-refractivity contribution is 6.44. The maximum Gasteiger partial charge on any atom is 0.326 e. The molecule has 0 N–H and O–H groups in total. The Hall–Kier alpha value is -3.74. The van der Waals surface area contributed by atoms with Gasteiger partial charge in [-0.3, -0.25) is 14.5 Å². The highest BCUT2D eigenvalue weighted by Crippen LogP contribution is 2.37. The maximum atomic E-state index is 13.5. The minimum atomic E-state index is -0.453. The number of imide groups is 1. The quantitative estimate of drug-likeness (QED) is 0.444. The van der Waals surface area contributed by atoms with Crippen LogP contribution in [0.25, 0.3) is 17.0 Å². The number of carbonyl (C=O) groups excluding carboxylic acids is 2. The molecule has 0 bridgehead atoms. The normalized spacial score (nSPS) is 14.2. The zero-order chi connectivity index (χ0) is 23.0. The average molecular weight is 431 g/mol. The van der Waals surface area contributed by atoms with E-state index in [1.807, 2.05) is 58.0 Å². The van der Waals surface area contributed by atoms with E-state index in [0.717, 1.165) is 5.56 Å². The van der Waals surface area contributed by atoms with Crippen LogP contribution in [0.15, 0.2) is 54.9 Å². The molecular formula is C25H26N4O3. The van der Waals surface area contributed by atoms with Crippen molar-refractivity contribution in [3.63, 3.8) is 0 Å². The van der Waals surface area contributed by atoms with E-state index in [9.17, 15) is 14.7 Å². The number of pyridine rings is 1. The van der Waals surface area contributed by atoms with Crippen LogP contribution in [0.5, 0.6) is 5.88 Å². The lowest BCUT2D eigenvalue weighted by molar-refractivity contribution is -0.577. The molecule has 0 saturated carbocycles. The summed E-state index contributed by atoms with van der Waals surface area (Å²) in [5.74, 6) is -1.16. The molecule has 1 aliphatic rings. The summed E-state index contributed by atoms with van der Waals surface area (Å²) < 4.78 is 2.93. The van der Waals surface area contributed by atoms with Gasteiger partial charge in [0.1, 0.15) is 5.57 Å². The van der Waals surface area contributed by atoms with Crippen molar-refractivity contribution < 1.29 is 19.3 Å².